The molecule has 1 N–H and O–H groups in total. The third-order valence-corrected chi connectivity index (χ3v) is 3.13. The number of ether oxygens (including phenoxy) is 1. The van der Waals surface area contributed by atoms with Gasteiger partial charge in [0.05, 0.1) is 18.7 Å². The number of benzene rings is 1. The third-order valence-electron chi connectivity index (χ3n) is 3.13. The Morgan fingerprint density at radius 1 is 1.42 bits per heavy atom. The molecule has 0 spiro atoms. The second-order valence-corrected chi connectivity index (χ2v) is 4.36. The van der Waals surface area contributed by atoms with Crippen LogP contribution in [0, 0.1) is 11.7 Å². The normalized spacial score (nSPS) is 18.2. The standard InChI is InChI=1S/C13H15FN2O3/c1-19-12(17)9-6-7-16(8-9)13(18)15-11-5-3-2-4-10(11)14/h2-5,9H,6-8H2,1H3,(H,15,18). The fourth-order valence-electron chi connectivity index (χ4n) is 2.06. The number of methoxy groups -OCH3 is 1. The molecule has 0 saturated carbocycles. The number of anilines is 1. The van der Waals surface area contributed by atoms with Gasteiger partial charge in [0.1, 0.15) is 5.82 Å². The molecule has 19 heavy (non-hydrogen) atoms. The molecule has 1 atom stereocenters. The zero-order chi connectivity index (χ0) is 13.8. The van der Waals surface area contributed by atoms with Crippen molar-refractivity contribution in [1.29, 1.82) is 0 Å². The number of carbonyl (C=O) groups excluding carboxylic acids is 2. The highest BCUT2D eigenvalue weighted by atomic mass is 19.1. The SMILES string of the molecule is COC(=O)C1CCN(C(=O)Nc2ccccc2F)C1. The predicted molar refractivity (Wildman–Crippen MR) is 67.1 cm³/mol. The average molecular weight is 266 g/mol. The van der Waals surface area contributed by atoms with Crippen LogP contribution in [0.5, 0.6) is 0 Å². The van der Waals surface area contributed by atoms with Gasteiger partial charge in [-0.25, -0.2) is 9.18 Å². The lowest BCUT2D eigenvalue weighted by atomic mass is 10.1. The van der Waals surface area contributed by atoms with Crippen LogP contribution in [0.4, 0.5) is 14.9 Å². The topological polar surface area (TPSA) is 58.6 Å². The third kappa shape index (κ3) is 3.01. The quantitative estimate of drug-likeness (QED) is 0.831. The number of carbonyl (C=O) groups is 2. The minimum absolute atomic E-state index is 0.133. The second-order valence-electron chi connectivity index (χ2n) is 4.36. The van der Waals surface area contributed by atoms with Gasteiger partial charge in [-0.3, -0.25) is 4.79 Å². The van der Waals surface area contributed by atoms with Gasteiger partial charge in [0.25, 0.3) is 0 Å². The molecule has 2 amide bonds. The highest BCUT2D eigenvalue weighted by Gasteiger charge is 2.31. The Labute approximate surface area is 110 Å². The molecule has 102 valence electrons. The lowest BCUT2D eigenvalue weighted by Gasteiger charge is -2.17. The fourth-order valence-corrected chi connectivity index (χ4v) is 2.06. The number of esters is 1. The van der Waals surface area contributed by atoms with Gasteiger partial charge in [-0.05, 0) is 18.6 Å². The van der Waals surface area contributed by atoms with E-state index in [4.69, 9.17) is 0 Å². The Kier molecular flexibility index (Phi) is 3.99. The molecule has 1 aliphatic rings. The fraction of sp³-hybridized carbons (Fsp3) is 0.385. The number of rotatable bonds is 2. The zero-order valence-electron chi connectivity index (χ0n) is 10.6. The Morgan fingerprint density at radius 2 is 2.16 bits per heavy atom. The first-order chi connectivity index (χ1) is 9.11. The second kappa shape index (κ2) is 5.69. The van der Waals surface area contributed by atoms with Crippen LogP contribution in [0.2, 0.25) is 0 Å². The molecule has 1 fully saturated rings. The van der Waals surface area contributed by atoms with Crippen LogP contribution in [0.3, 0.4) is 0 Å². The van der Waals surface area contributed by atoms with Crippen LogP contribution in [-0.4, -0.2) is 37.1 Å². The van der Waals surface area contributed by atoms with E-state index < -0.39 is 11.8 Å². The van der Waals surface area contributed by atoms with Crippen molar-refractivity contribution in [1.82, 2.24) is 4.90 Å². The number of hydrogen-bond donors (Lipinski definition) is 1. The van der Waals surface area contributed by atoms with Crippen LogP contribution in [0.1, 0.15) is 6.42 Å². The molecule has 0 aromatic heterocycles. The maximum atomic E-state index is 13.4. The van der Waals surface area contributed by atoms with Crippen molar-refractivity contribution in [2.75, 3.05) is 25.5 Å². The van der Waals surface area contributed by atoms with E-state index in [0.717, 1.165) is 0 Å². The highest BCUT2D eigenvalue weighted by Crippen LogP contribution is 2.19. The molecular weight excluding hydrogens is 251 g/mol. The molecule has 1 aromatic rings. The van der Waals surface area contributed by atoms with E-state index in [1.165, 1.54) is 24.1 Å². The minimum Gasteiger partial charge on any atom is -0.469 e. The molecule has 1 aliphatic heterocycles. The molecule has 6 heteroatoms. The maximum absolute atomic E-state index is 13.4. The van der Waals surface area contributed by atoms with E-state index >= 15 is 0 Å². The first-order valence-electron chi connectivity index (χ1n) is 6.00. The maximum Gasteiger partial charge on any atom is 0.321 e. The smallest absolute Gasteiger partial charge is 0.321 e. The molecule has 5 nitrogen and oxygen atoms in total. The van der Waals surface area contributed by atoms with Crippen LogP contribution in [0.25, 0.3) is 0 Å². The summed E-state index contributed by atoms with van der Waals surface area (Å²) in [7, 11) is 1.32. The predicted octanol–water partition coefficient (Wildman–Crippen LogP) is 1.85. The number of nitrogens with one attached hydrogen (secondary N) is 1. The molecular formula is C13H15FN2O3. The summed E-state index contributed by atoms with van der Waals surface area (Å²) in [4.78, 5) is 24.8. The van der Waals surface area contributed by atoms with Crippen molar-refractivity contribution in [3.8, 4) is 0 Å². The number of hydrogen-bond acceptors (Lipinski definition) is 3. The lowest BCUT2D eigenvalue weighted by molar-refractivity contribution is -0.144. The summed E-state index contributed by atoms with van der Waals surface area (Å²) in [5.74, 6) is -1.10. The summed E-state index contributed by atoms with van der Waals surface area (Å²) in [6.45, 7) is 0.757. The van der Waals surface area contributed by atoms with Crippen molar-refractivity contribution in [3.63, 3.8) is 0 Å². The van der Waals surface area contributed by atoms with Gasteiger partial charge in [0.15, 0.2) is 0 Å². The van der Waals surface area contributed by atoms with Gasteiger partial charge in [-0.15, -0.1) is 0 Å². The summed E-state index contributed by atoms with van der Waals surface area (Å²) < 4.78 is 18.0. The molecule has 1 heterocycles. The molecule has 0 aliphatic carbocycles. The van der Waals surface area contributed by atoms with Gasteiger partial charge in [-0.1, -0.05) is 12.1 Å². The van der Waals surface area contributed by atoms with E-state index in [2.05, 4.69) is 10.1 Å². The number of urea groups is 1. The number of nitrogens with zero attached hydrogens (tertiary/aromatic N) is 1. The van der Waals surface area contributed by atoms with Crippen molar-refractivity contribution < 1.29 is 18.7 Å². The van der Waals surface area contributed by atoms with Gasteiger partial charge < -0.3 is 15.0 Å². The highest BCUT2D eigenvalue weighted by molar-refractivity contribution is 5.90. The largest absolute Gasteiger partial charge is 0.469 e. The summed E-state index contributed by atoms with van der Waals surface area (Å²) in [5.41, 5.74) is 0.133. The van der Waals surface area contributed by atoms with Crippen molar-refractivity contribution in [2.24, 2.45) is 5.92 Å². The Morgan fingerprint density at radius 3 is 2.84 bits per heavy atom. The number of amides is 2. The van der Waals surface area contributed by atoms with Crippen LogP contribution in [-0.2, 0) is 9.53 Å². The first kappa shape index (κ1) is 13.3. The van der Waals surface area contributed by atoms with Gasteiger partial charge in [-0.2, -0.15) is 0 Å². The van der Waals surface area contributed by atoms with Crippen molar-refractivity contribution in [2.45, 2.75) is 6.42 Å². The lowest BCUT2D eigenvalue weighted by Crippen LogP contribution is -2.34. The Hall–Kier alpha value is -2.11. The van der Waals surface area contributed by atoms with Gasteiger partial charge >= 0.3 is 12.0 Å². The number of halogens is 1. The number of likely N-dealkylation sites (tertiary alicyclic amines) is 1. The molecule has 2 rings (SSSR count). The van der Waals surface area contributed by atoms with Crippen LogP contribution in [0.15, 0.2) is 24.3 Å². The number of para-hydroxylation sites is 1. The monoisotopic (exact) mass is 266 g/mol. The van der Waals surface area contributed by atoms with E-state index in [0.29, 0.717) is 19.5 Å². The van der Waals surface area contributed by atoms with E-state index in [-0.39, 0.29) is 17.6 Å². The summed E-state index contributed by atoms with van der Waals surface area (Å²) in [6, 6.07) is 5.54. The molecule has 0 bridgehead atoms. The molecule has 0 radical (unpaired) electrons. The summed E-state index contributed by atoms with van der Waals surface area (Å²) >= 11 is 0. The average Bonchev–Trinajstić information content (AvgIpc) is 2.90. The van der Waals surface area contributed by atoms with Gasteiger partial charge in [0.2, 0.25) is 0 Å². The zero-order valence-corrected chi connectivity index (χ0v) is 10.6. The van der Waals surface area contributed by atoms with Gasteiger partial charge in [0, 0.05) is 13.1 Å². The molecule has 1 saturated heterocycles. The van der Waals surface area contributed by atoms with Crippen molar-refractivity contribution in [3.05, 3.63) is 30.1 Å². The first-order valence-corrected chi connectivity index (χ1v) is 6.00. The molecule has 1 unspecified atom stereocenters. The Balaban J connectivity index is 1.95. The van der Waals surface area contributed by atoms with E-state index in [1.54, 1.807) is 12.1 Å². The minimum atomic E-state index is -0.487. The molecule has 1 aromatic carbocycles. The van der Waals surface area contributed by atoms with E-state index in [1.807, 2.05) is 0 Å². The Bertz CT molecular complexity index is 493. The summed E-state index contributed by atoms with van der Waals surface area (Å²) in [6.07, 6.45) is 0.567. The summed E-state index contributed by atoms with van der Waals surface area (Å²) in [5, 5.41) is 2.49. The van der Waals surface area contributed by atoms with Crippen LogP contribution < -0.4 is 5.32 Å². The van der Waals surface area contributed by atoms with E-state index in [9.17, 15) is 14.0 Å². The van der Waals surface area contributed by atoms with Crippen LogP contribution >= 0.6 is 0 Å². The van der Waals surface area contributed by atoms with Crippen molar-refractivity contribution >= 4 is 17.7 Å².